The second-order valence-corrected chi connectivity index (χ2v) is 4.41. The summed E-state index contributed by atoms with van der Waals surface area (Å²) in [6.45, 7) is 2.84. The third kappa shape index (κ3) is 5.09. The van der Waals surface area contributed by atoms with Gasteiger partial charge >= 0.3 is 0 Å². The second-order valence-electron chi connectivity index (χ2n) is 3.38. The van der Waals surface area contributed by atoms with E-state index in [2.05, 4.69) is 17.1 Å². The lowest BCUT2D eigenvalue weighted by molar-refractivity contribution is 0.279. The summed E-state index contributed by atoms with van der Waals surface area (Å²) < 4.78 is 5.40. The third-order valence-electron chi connectivity index (χ3n) is 2.06. The lowest BCUT2D eigenvalue weighted by Crippen LogP contribution is -1.96. The number of hydrogen-bond acceptors (Lipinski definition) is 5. The molecule has 0 bridgehead atoms. The maximum absolute atomic E-state index is 8.77. The van der Waals surface area contributed by atoms with Crippen LogP contribution >= 0.6 is 11.3 Å². The van der Waals surface area contributed by atoms with Crippen LogP contribution in [0.4, 0.5) is 0 Å². The van der Waals surface area contributed by atoms with E-state index in [0.29, 0.717) is 16.8 Å². The maximum Gasteiger partial charge on any atom is 0.294 e. The highest BCUT2D eigenvalue weighted by molar-refractivity contribution is 7.13. The minimum absolute atomic E-state index is 0.0580. The zero-order chi connectivity index (χ0) is 10.9. The minimum Gasteiger partial charge on any atom is -0.469 e. The quantitative estimate of drug-likeness (QED) is 0.697. The lowest BCUT2D eigenvalue weighted by atomic mass is 10.2. The van der Waals surface area contributed by atoms with Crippen molar-refractivity contribution in [2.45, 2.75) is 45.6 Å². The Labute approximate surface area is 94.3 Å². The van der Waals surface area contributed by atoms with Gasteiger partial charge in [0, 0.05) is 0 Å². The van der Waals surface area contributed by atoms with Gasteiger partial charge in [0.15, 0.2) is 0 Å². The molecule has 0 fully saturated rings. The molecule has 86 valence electrons. The van der Waals surface area contributed by atoms with Gasteiger partial charge in [0.25, 0.3) is 5.19 Å². The molecule has 0 aliphatic heterocycles. The van der Waals surface area contributed by atoms with Gasteiger partial charge in [-0.25, -0.2) is 0 Å². The number of unbranched alkanes of at least 4 members (excludes halogenated alkanes) is 4. The number of ether oxygens (including phenoxy) is 1. The number of hydrogen-bond donors (Lipinski definition) is 1. The Kier molecular flexibility index (Phi) is 6.27. The number of aliphatic hydroxyl groups is 1. The highest BCUT2D eigenvalue weighted by Crippen LogP contribution is 2.17. The van der Waals surface area contributed by atoms with Crippen molar-refractivity contribution in [1.82, 2.24) is 10.2 Å². The van der Waals surface area contributed by atoms with Crippen LogP contribution in [0.1, 0.15) is 44.0 Å². The van der Waals surface area contributed by atoms with E-state index >= 15 is 0 Å². The predicted octanol–water partition coefficient (Wildman–Crippen LogP) is 2.38. The van der Waals surface area contributed by atoms with Crippen molar-refractivity contribution in [3.8, 4) is 5.19 Å². The molecule has 5 heteroatoms. The Balaban J connectivity index is 2.04. The zero-order valence-electron chi connectivity index (χ0n) is 9.11. The Bertz CT molecular complexity index is 266. The molecule has 0 saturated carbocycles. The first-order valence-corrected chi connectivity index (χ1v) is 6.24. The monoisotopic (exact) mass is 230 g/mol. The first-order valence-electron chi connectivity index (χ1n) is 5.43. The van der Waals surface area contributed by atoms with Crippen molar-refractivity contribution in [1.29, 1.82) is 0 Å². The van der Waals surface area contributed by atoms with Gasteiger partial charge in [-0.3, -0.25) is 0 Å². The van der Waals surface area contributed by atoms with E-state index in [0.717, 1.165) is 6.42 Å². The van der Waals surface area contributed by atoms with Gasteiger partial charge < -0.3 is 9.84 Å². The molecule has 0 amide bonds. The van der Waals surface area contributed by atoms with E-state index in [4.69, 9.17) is 9.84 Å². The normalized spacial score (nSPS) is 10.5. The molecule has 0 aliphatic rings. The summed E-state index contributed by atoms with van der Waals surface area (Å²) >= 11 is 1.31. The number of aromatic nitrogens is 2. The summed E-state index contributed by atoms with van der Waals surface area (Å²) in [7, 11) is 0. The molecule has 1 aromatic rings. The molecule has 4 nitrogen and oxygen atoms in total. The highest BCUT2D eigenvalue weighted by Gasteiger charge is 2.02. The fourth-order valence-corrected chi connectivity index (χ4v) is 1.80. The van der Waals surface area contributed by atoms with Gasteiger partial charge in [-0.05, 0) is 6.42 Å². The molecule has 0 radical (unpaired) electrons. The fraction of sp³-hybridized carbons (Fsp3) is 0.800. The van der Waals surface area contributed by atoms with Gasteiger partial charge in [-0.1, -0.05) is 49.0 Å². The molecule has 0 saturated heterocycles. The van der Waals surface area contributed by atoms with Crippen molar-refractivity contribution in [2.24, 2.45) is 0 Å². The summed E-state index contributed by atoms with van der Waals surface area (Å²) in [5.41, 5.74) is 0. The molecule has 0 aliphatic carbocycles. The Morgan fingerprint density at radius 2 is 2.00 bits per heavy atom. The molecular weight excluding hydrogens is 212 g/mol. The number of aliphatic hydroxyl groups excluding tert-OH is 1. The van der Waals surface area contributed by atoms with Crippen LogP contribution in [-0.4, -0.2) is 21.9 Å². The van der Waals surface area contributed by atoms with Crippen LogP contribution in [0.5, 0.6) is 5.19 Å². The van der Waals surface area contributed by atoms with E-state index < -0.39 is 0 Å². The average Bonchev–Trinajstić information content (AvgIpc) is 2.71. The summed E-state index contributed by atoms with van der Waals surface area (Å²) in [6.07, 6.45) is 6.11. The topological polar surface area (TPSA) is 55.2 Å². The Morgan fingerprint density at radius 3 is 2.67 bits per heavy atom. The van der Waals surface area contributed by atoms with E-state index in [1.54, 1.807) is 0 Å². The van der Waals surface area contributed by atoms with Crippen LogP contribution in [0.25, 0.3) is 0 Å². The molecule has 0 unspecified atom stereocenters. The van der Waals surface area contributed by atoms with Crippen LogP contribution in [0.15, 0.2) is 0 Å². The van der Waals surface area contributed by atoms with Crippen molar-refractivity contribution in [3.63, 3.8) is 0 Å². The highest BCUT2D eigenvalue weighted by atomic mass is 32.1. The predicted molar refractivity (Wildman–Crippen MR) is 60.1 cm³/mol. The molecule has 0 atom stereocenters. The SMILES string of the molecule is CCCCCCCOc1nnc(CO)s1. The van der Waals surface area contributed by atoms with E-state index in [9.17, 15) is 0 Å². The van der Waals surface area contributed by atoms with Crippen molar-refractivity contribution in [2.75, 3.05) is 6.61 Å². The Hall–Kier alpha value is -0.680. The average molecular weight is 230 g/mol. The molecule has 1 aromatic heterocycles. The summed E-state index contributed by atoms with van der Waals surface area (Å²) in [4.78, 5) is 0. The van der Waals surface area contributed by atoms with Gasteiger partial charge in [0.1, 0.15) is 5.01 Å². The Morgan fingerprint density at radius 1 is 1.20 bits per heavy atom. The van der Waals surface area contributed by atoms with Gasteiger partial charge in [0.05, 0.1) is 13.2 Å². The van der Waals surface area contributed by atoms with Crippen molar-refractivity contribution in [3.05, 3.63) is 5.01 Å². The lowest BCUT2D eigenvalue weighted by Gasteiger charge is -2.00. The van der Waals surface area contributed by atoms with Crippen LogP contribution in [0.2, 0.25) is 0 Å². The number of nitrogens with zero attached hydrogens (tertiary/aromatic N) is 2. The summed E-state index contributed by atoms with van der Waals surface area (Å²) in [6, 6.07) is 0. The zero-order valence-corrected chi connectivity index (χ0v) is 9.92. The van der Waals surface area contributed by atoms with E-state index in [1.165, 1.54) is 37.0 Å². The molecule has 15 heavy (non-hydrogen) atoms. The molecule has 0 spiro atoms. The largest absolute Gasteiger partial charge is 0.469 e. The number of rotatable bonds is 8. The standard InChI is InChI=1S/C10H18N2O2S/c1-2-3-4-5-6-7-14-10-12-11-9(8-13)15-10/h13H,2-8H2,1H3. The van der Waals surface area contributed by atoms with Crippen molar-refractivity contribution < 1.29 is 9.84 Å². The molecule has 1 N–H and O–H groups in total. The van der Waals surface area contributed by atoms with Crippen LogP contribution in [-0.2, 0) is 6.61 Å². The second kappa shape index (κ2) is 7.59. The van der Waals surface area contributed by atoms with Crippen LogP contribution in [0.3, 0.4) is 0 Å². The molecule has 1 heterocycles. The van der Waals surface area contributed by atoms with Crippen LogP contribution < -0.4 is 4.74 Å². The third-order valence-corrected chi connectivity index (χ3v) is 2.88. The van der Waals surface area contributed by atoms with E-state index in [-0.39, 0.29) is 6.61 Å². The van der Waals surface area contributed by atoms with Gasteiger partial charge in [-0.15, -0.1) is 5.10 Å². The maximum atomic E-state index is 8.77. The molecule has 1 rings (SSSR count). The van der Waals surface area contributed by atoms with E-state index in [1.807, 2.05) is 0 Å². The smallest absolute Gasteiger partial charge is 0.294 e. The minimum atomic E-state index is -0.0580. The molecular formula is C10H18N2O2S. The van der Waals surface area contributed by atoms with Crippen molar-refractivity contribution >= 4 is 11.3 Å². The molecule has 0 aromatic carbocycles. The van der Waals surface area contributed by atoms with Crippen LogP contribution in [0, 0.1) is 0 Å². The first kappa shape index (κ1) is 12.4. The fourth-order valence-electron chi connectivity index (χ4n) is 1.23. The summed E-state index contributed by atoms with van der Waals surface area (Å²) in [5.74, 6) is 0. The first-order chi connectivity index (χ1) is 7.36. The summed E-state index contributed by atoms with van der Waals surface area (Å²) in [5, 5.41) is 17.5. The van der Waals surface area contributed by atoms with Gasteiger partial charge in [0.2, 0.25) is 0 Å². The van der Waals surface area contributed by atoms with Gasteiger partial charge in [-0.2, -0.15) is 0 Å².